The number of rotatable bonds is 0. The minimum Gasteiger partial charge on any atom is -0.365 e. The largest absolute Gasteiger partial charge is 0.365 e. The highest BCUT2D eigenvalue weighted by molar-refractivity contribution is 4.80. The molecule has 1 aliphatic heterocycles. The van der Waals surface area contributed by atoms with Crippen LogP contribution in [0.5, 0.6) is 0 Å². The summed E-state index contributed by atoms with van der Waals surface area (Å²) in [4.78, 5) is 0. The summed E-state index contributed by atoms with van der Waals surface area (Å²) in [6.07, 6.45) is 0. The maximum Gasteiger partial charge on any atom is 0.165 e. The molecule has 0 saturated carbocycles. The first-order chi connectivity index (χ1) is 4.04. The number of hydrogen-bond acceptors (Lipinski definition) is 2. The summed E-state index contributed by atoms with van der Waals surface area (Å²) in [7, 11) is 0. The van der Waals surface area contributed by atoms with Crippen molar-refractivity contribution in [3.05, 3.63) is 0 Å². The second kappa shape index (κ2) is 1.96. The zero-order valence-corrected chi connectivity index (χ0v) is 6.22. The van der Waals surface area contributed by atoms with Crippen molar-refractivity contribution in [3.8, 4) is 0 Å². The first kappa shape index (κ1) is 7.03. The van der Waals surface area contributed by atoms with Gasteiger partial charge < -0.3 is 9.84 Å². The zero-order chi connectivity index (χ0) is 7.07. The maximum atomic E-state index is 9.41. The predicted molar refractivity (Wildman–Crippen MR) is 34.9 cm³/mol. The SMILES string of the molecule is C[C@@H]1CO[C@@](C)(O)[C@H]1C. The number of ether oxygens (including phenoxy) is 1. The Bertz CT molecular complexity index is 109. The van der Waals surface area contributed by atoms with E-state index in [1.165, 1.54) is 0 Å². The lowest BCUT2D eigenvalue weighted by molar-refractivity contribution is -0.176. The monoisotopic (exact) mass is 130 g/mol. The van der Waals surface area contributed by atoms with Crippen LogP contribution in [0.1, 0.15) is 20.8 Å². The van der Waals surface area contributed by atoms with Gasteiger partial charge in [-0.3, -0.25) is 0 Å². The maximum absolute atomic E-state index is 9.41. The second-order valence-electron chi connectivity index (χ2n) is 3.13. The topological polar surface area (TPSA) is 29.5 Å². The molecule has 1 rings (SSSR count). The van der Waals surface area contributed by atoms with Crippen molar-refractivity contribution in [2.45, 2.75) is 26.6 Å². The summed E-state index contributed by atoms with van der Waals surface area (Å²) in [5.74, 6) is -0.128. The highest BCUT2D eigenvalue weighted by Gasteiger charge is 2.39. The van der Waals surface area contributed by atoms with E-state index in [0.29, 0.717) is 12.5 Å². The molecule has 1 fully saturated rings. The Balaban J connectivity index is 2.62. The molecule has 0 unspecified atom stereocenters. The first-order valence-corrected chi connectivity index (χ1v) is 3.40. The van der Waals surface area contributed by atoms with Gasteiger partial charge in [-0.2, -0.15) is 0 Å². The van der Waals surface area contributed by atoms with Crippen molar-refractivity contribution in [1.29, 1.82) is 0 Å². The molecule has 0 bridgehead atoms. The third-order valence-electron chi connectivity index (χ3n) is 2.34. The van der Waals surface area contributed by atoms with Gasteiger partial charge in [0.25, 0.3) is 0 Å². The Labute approximate surface area is 55.8 Å². The van der Waals surface area contributed by atoms with Crippen LogP contribution in [0.25, 0.3) is 0 Å². The van der Waals surface area contributed by atoms with E-state index in [4.69, 9.17) is 4.74 Å². The van der Waals surface area contributed by atoms with Crippen LogP contribution in [0.3, 0.4) is 0 Å². The number of hydrogen-bond donors (Lipinski definition) is 1. The van der Waals surface area contributed by atoms with Gasteiger partial charge in [0.1, 0.15) is 0 Å². The van der Waals surface area contributed by atoms with Crippen LogP contribution >= 0.6 is 0 Å². The van der Waals surface area contributed by atoms with Gasteiger partial charge in [0.2, 0.25) is 0 Å². The van der Waals surface area contributed by atoms with Gasteiger partial charge in [-0.05, 0) is 12.8 Å². The third-order valence-corrected chi connectivity index (χ3v) is 2.34. The predicted octanol–water partition coefficient (Wildman–Crippen LogP) is 0.997. The summed E-state index contributed by atoms with van der Waals surface area (Å²) < 4.78 is 5.12. The molecular formula is C7H14O2. The minimum atomic E-state index is -0.876. The van der Waals surface area contributed by atoms with Crippen molar-refractivity contribution in [2.75, 3.05) is 6.61 Å². The molecule has 2 nitrogen and oxygen atoms in total. The minimum absolute atomic E-state index is 0.262. The summed E-state index contributed by atoms with van der Waals surface area (Å²) in [5.41, 5.74) is 0. The van der Waals surface area contributed by atoms with E-state index < -0.39 is 5.79 Å². The standard InChI is InChI=1S/C7H14O2/c1-5-4-9-7(3,8)6(5)2/h5-6,8H,4H2,1-3H3/t5-,6+,7-/m1/s1. The lowest BCUT2D eigenvalue weighted by Gasteiger charge is -2.21. The van der Waals surface area contributed by atoms with Crippen LogP contribution in [0.15, 0.2) is 0 Å². The smallest absolute Gasteiger partial charge is 0.165 e. The van der Waals surface area contributed by atoms with Crippen molar-refractivity contribution in [2.24, 2.45) is 11.8 Å². The summed E-state index contributed by atoms with van der Waals surface area (Å²) >= 11 is 0. The molecule has 3 atom stereocenters. The van der Waals surface area contributed by atoms with Gasteiger partial charge in [0.05, 0.1) is 6.61 Å². The Hall–Kier alpha value is -0.0800. The van der Waals surface area contributed by atoms with Crippen LogP contribution in [0.2, 0.25) is 0 Å². The van der Waals surface area contributed by atoms with E-state index in [1.807, 2.05) is 6.92 Å². The van der Waals surface area contributed by atoms with Gasteiger partial charge in [-0.15, -0.1) is 0 Å². The van der Waals surface area contributed by atoms with E-state index in [2.05, 4.69) is 6.92 Å². The first-order valence-electron chi connectivity index (χ1n) is 3.40. The van der Waals surface area contributed by atoms with E-state index in [-0.39, 0.29) is 5.92 Å². The molecule has 0 radical (unpaired) electrons. The molecule has 0 spiro atoms. The molecule has 1 heterocycles. The fourth-order valence-electron chi connectivity index (χ4n) is 1.10. The lowest BCUT2D eigenvalue weighted by Crippen LogP contribution is -2.30. The lowest BCUT2D eigenvalue weighted by atomic mass is 9.93. The van der Waals surface area contributed by atoms with Crippen LogP contribution in [0.4, 0.5) is 0 Å². The Morgan fingerprint density at radius 2 is 2.11 bits per heavy atom. The molecule has 1 saturated heterocycles. The second-order valence-corrected chi connectivity index (χ2v) is 3.13. The summed E-state index contributed by atoms with van der Waals surface area (Å²) in [5, 5.41) is 9.41. The van der Waals surface area contributed by atoms with E-state index in [1.54, 1.807) is 6.92 Å². The molecule has 1 aliphatic rings. The van der Waals surface area contributed by atoms with E-state index >= 15 is 0 Å². The highest BCUT2D eigenvalue weighted by atomic mass is 16.6. The molecule has 2 heteroatoms. The van der Waals surface area contributed by atoms with Crippen molar-refractivity contribution >= 4 is 0 Å². The van der Waals surface area contributed by atoms with E-state index in [0.717, 1.165) is 0 Å². The summed E-state index contributed by atoms with van der Waals surface area (Å²) in [6.45, 7) is 6.51. The van der Waals surface area contributed by atoms with Crippen molar-refractivity contribution in [1.82, 2.24) is 0 Å². The molecular weight excluding hydrogens is 116 g/mol. The Morgan fingerprint density at radius 1 is 1.56 bits per heavy atom. The Kier molecular flexibility index (Phi) is 1.53. The average molecular weight is 130 g/mol. The normalized spacial score (nSPS) is 52.0. The van der Waals surface area contributed by atoms with Crippen LogP contribution in [-0.4, -0.2) is 17.5 Å². The molecule has 54 valence electrons. The quantitative estimate of drug-likeness (QED) is 0.530. The molecule has 0 aliphatic carbocycles. The van der Waals surface area contributed by atoms with Crippen LogP contribution < -0.4 is 0 Å². The molecule has 0 aromatic carbocycles. The Morgan fingerprint density at radius 3 is 2.22 bits per heavy atom. The van der Waals surface area contributed by atoms with Crippen LogP contribution in [0, 0.1) is 11.8 Å². The molecule has 0 aromatic heterocycles. The van der Waals surface area contributed by atoms with Gasteiger partial charge in [0, 0.05) is 5.92 Å². The fourth-order valence-corrected chi connectivity index (χ4v) is 1.10. The third kappa shape index (κ3) is 1.10. The molecule has 0 amide bonds. The van der Waals surface area contributed by atoms with Crippen molar-refractivity contribution < 1.29 is 9.84 Å². The molecule has 0 aromatic rings. The van der Waals surface area contributed by atoms with Gasteiger partial charge in [-0.25, -0.2) is 0 Å². The van der Waals surface area contributed by atoms with Crippen molar-refractivity contribution in [3.63, 3.8) is 0 Å². The zero-order valence-electron chi connectivity index (χ0n) is 6.22. The van der Waals surface area contributed by atoms with Crippen LogP contribution in [-0.2, 0) is 4.74 Å². The van der Waals surface area contributed by atoms with Gasteiger partial charge in [0.15, 0.2) is 5.79 Å². The van der Waals surface area contributed by atoms with Gasteiger partial charge in [-0.1, -0.05) is 13.8 Å². The summed E-state index contributed by atoms with van der Waals surface area (Å²) in [6, 6.07) is 0. The number of aliphatic hydroxyl groups is 1. The van der Waals surface area contributed by atoms with E-state index in [9.17, 15) is 5.11 Å². The fraction of sp³-hybridized carbons (Fsp3) is 1.00. The average Bonchev–Trinajstić information content (AvgIpc) is 1.97. The highest BCUT2D eigenvalue weighted by Crippen LogP contribution is 2.32. The molecule has 9 heavy (non-hydrogen) atoms. The molecule has 1 N–H and O–H groups in total. The van der Waals surface area contributed by atoms with Gasteiger partial charge >= 0.3 is 0 Å².